The summed E-state index contributed by atoms with van der Waals surface area (Å²) < 4.78 is 0. The molecular weight excluding hydrogens is 264 g/mol. The summed E-state index contributed by atoms with van der Waals surface area (Å²) in [7, 11) is 0. The molecule has 0 spiro atoms. The third-order valence-corrected chi connectivity index (χ3v) is 3.92. The molecule has 0 bridgehead atoms. The number of rotatable bonds is 3. The molecule has 19 heavy (non-hydrogen) atoms. The third kappa shape index (κ3) is 3.30. The van der Waals surface area contributed by atoms with E-state index in [4.69, 9.17) is 5.73 Å². The Morgan fingerprint density at radius 2 is 2.37 bits per heavy atom. The van der Waals surface area contributed by atoms with Crippen LogP contribution in [0.3, 0.4) is 0 Å². The van der Waals surface area contributed by atoms with E-state index in [1.165, 1.54) is 18.3 Å². The van der Waals surface area contributed by atoms with Crippen LogP contribution in [0.2, 0.25) is 0 Å². The van der Waals surface area contributed by atoms with E-state index in [-0.39, 0.29) is 17.9 Å². The molecule has 7 heteroatoms. The summed E-state index contributed by atoms with van der Waals surface area (Å²) in [5.74, 6) is -0.283. The lowest BCUT2D eigenvalue weighted by Gasteiger charge is -2.34. The van der Waals surface area contributed by atoms with Crippen LogP contribution in [-0.2, 0) is 4.79 Å². The molecule has 1 fully saturated rings. The molecule has 3 N–H and O–H groups in total. The van der Waals surface area contributed by atoms with Gasteiger partial charge in [-0.1, -0.05) is 0 Å². The first-order valence-corrected chi connectivity index (χ1v) is 7.24. The molecule has 0 aliphatic carbocycles. The second-order valence-corrected chi connectivity index (χ2v) is 5.46. The summed E-state index contributed by atoms with van der Waals surface area (Å²) in [5.41, 5.74) is 6.10. The highest BCUT2D eigenvalue weighted by Crippen LogP contribution is 2.21. The first-order valence-electron chi connectivity index (χ1n) is 6.36. The minimum Gasteiger partial charge on any atom is -0.333 e. The van der Waals surface area contributed by atoms with Crippen molar-refractivity contribution in [1.82, 2.24) is 9.88 Å². The monoisotopic (exact) mass is 282 g/mol. The van der Waals surface area contributed by atoms with Gasteiger partial charge in [-0.15, -0.1) is 11.3 Å². The van der Waals surface area contributed by atoms with E-state index in [1.54, 1.807) is 10.3 Å². The maximum Gasteiger partial charge on any atom is 0.273 e. The molecule has 2 rings (SSSR count). The van der Waals surface area contributed by atoms with Crippen molar-refractivity contribution in [2.45, 2.75) is 32.2 Å². The Kier molecular flexibility index (Phi) is 4.49. The Morgan fingerprint density at radius 1 is 1.58 bits per heavy atom. The molecule has 6 nitrogen and oxygen atoms in total. The van der Waals surface area contributed by atoms with Crippen LogP contribution >= 0.6 is 11.3 Å². The van der Waals surface area contributed by atoms with Gasteiger partial charge in [-0.25, -0.2) is 4.98 Å². The number of nitrogens with one attached hydrogen (secondary N) is 1. The van der Waals surface area contributed by atoms with E-state index in [0.717, 1.165) is 25.8 Å². The van der Waals surface area contributed by atoms with Crippen molar-refractivity contribution >= 4 is 28.3 Å². The zero-order valence-corrected chi connectivity index (χ0v) is 11.7. The van der Waals surface area contributed by atoms with Crippen molar-refractivity contribution in [1.29, 1.82) is 0 Å². The van der Waals surface area contributed by atoms with Crippen molar-refractivity contribution in [2.24, 2.45) is 5.73 Å². The van der Waals surface area contributed by atoms with Gasteiger partial charge in [-0.05, 0) is 19.3 Å². The summed E-state index contributed by atoms with van der Waals surface area (Å²) in [4.78, 5) is 29.3. The minimum atomic E-state index is -0.189. The highest BCUT2D eigenvalue weighted by atomic mass is 32.1. The summed E-state index contributed by atoms with van der Waals surface area (Å²) in [6, 6.07) is 0.104. The summed E-state index contributed by atoms with van der Waals surface area (Å²) in [6.45, 7) is 2.63. The zero-order chi connectivity index (χ0) is 13.8. The Bertz CT molecular complexity index is 474. The van der Waals surface area contributed by atoms with Gasteiger partial charge in [-0.2, -0.15) is 0 Å². The van der Waals surface area contributed by atoms with Crippen molar-refractivity contribution in [3.8, 4) is 0 Å². The van der Waals surface area contributed by atoms with E-state index in [2.05, 4.69) is 10.3 Å². The number of hydrogen-bond acceptors (Lipinski definition) is 5. The fourth-order valence-electron chi connectivity index (χ4n) is 2.24. The second-order valence-electron chi connectivity index (χ2n) is 4.60. The van der Waals surface area contributed by atoms with Crippen LogP contribution < -0.4 is 11.1 Å². The fraction of sp³-hybridized carbons (Fsp3) is 0.583. The normalized spacial score (nSPS) is 19.3. The average molecular weight is 282 g/mol. The first-order chi connectivity index (χ1) is 9.11. The van der Waals surface area contributed by atoms with Crippen LogP contribution in [0.15, 0.2) is 5.38 Å². The second kappa shape index (κ2) is 6.12. The number of amides is 2. The molecule has 1 aliphatic rings. The minimum absolute atomic E-state index is 0.0944. The number of piperidine rings is 1. The van der Waals surface area contributed by atoms with Crippen LogP contribution in [0, 0.1) is 0 Å². The molecule has 0 radical (unpaired) electrons. The molecular formula is C12H18N4O2S. The highest BCUT2D eigenvalue weighted by molar-refractivity contribution is 7.14. The number of anilines is 1. The van der Waals surface area contributed by atoms with E-state index >= 15 is 0 Å². The fourth-order valence-corrected chi connectivity index (χ4v) is 2.97. The van der Waals surface area contributed by atoms with Crippen LogP contribution in [0.5, 0.6) is 0 Å². The Hall–Kier alpha value is -1.47. The molecule has 2 heterocycles. The Balaban J connectivity index is 2.09. The van der Waals surface area contributed by atoms with Crippen LogP contribution in [0.1, 0.15) is 36.7 Å². The van der Waals surface area contributed by atoms with E-state index in [0.29, 0.717) is 17.4 Å². The van der Waals surface area contributed by atoms with Gasteiger partial charge >= 0.3 is 0 Å². The predicted molar refractivity (Wildman–Crippen MR) is 74.1 cm³/mol. The molecule has 0 saturated carbocycles. The van der Waals surface area contributed by atoms with E-state index in [1.807, 2.05) is 0 Å². The van der Waals surface area contributed by atoms with Gasteiger partial charge < -0.3 is 16.0 Å². The Morgan fingerprint density at radius 3 is 3.05 bits per heavy atom. The van der Waals surface area contributed by atoms with Gasteiger partial charge in [-0.3, -0.25) is 9.59 Å². The molecule has 1 atom stereocenters. The Labute approximate surface area is 116 Å². The molecule has 1 aromatic heterocycles. The standard InChI is InChI=1S/C12H18N4O2S/c1-8(17)14-12-15-10(7-19-12)11(18)16-5-3-2-4-9(16)6-13/h7,9H,2-6,13H2,1H3,(H,14,15,17). The molecule has 0 aromatic carbocycles. The van der Waals surface area contributed by atoms with Crippen molar-refractivity contribution in [2.75, 3.05) is 18.4 Å². The van der Waals surface area contributed by atoms with Crippen LogP contribution in [0.4, 0.5) is 5.13 Å². The van der Waals surface area contributed by atoms with E-state index in [9.17, 15) is 9.59 Å². The topological polar surface area (TPSA) is 88.3 Å². The van der Waals surface area contributed by atoms with Gasteiger partial charge in [0.25, 0.3) is 5.91 Å². The van der Waals surface area contributed by atoms with E-state index < -0.39 is 0 Å². The van der Waals surface area contributed by atoms with Crippen LogP contribution in [-0.4, -0.2) is 40.8 Å². The quantitative estimate of drug-likeness (QED) is 0.867. The van der Waals surface area contributed by atoms with Gasteiger partial charge in [0, 0.05) is 31.4 Å². The number of likely N-dealkylation sites (tertiary alicyclic amines) is 1. The molecule has 1 aliphatic heterocycles. The smallest absolute Gasteiger partial charge is 0.273 e. The lowest BCUT2D eigenvalue weighted by molar-refractivity contribution is -0.114. The number of carbonyl (C=O) groups is 2. The maximum absolute atomic E-state index is 12.4. The molecule has 2 amide bonds. The van der Waals surface area contributed by atoms with Crippen molar-refractivity contribution in [3.05, 3.63) is 11.1 Å². The SMILES string of the molecule is CC(=O)Nc1nc(C(=O)N2CCCCC2CN)cs1. The molecule has 104 valence electrons. The third-order valence-electron chi connectivity index (χ3n) is 3.17. The zero-order valence-electron chi connectivity index (χ0n) is 10.9. The number of aromatic nitrogens is 1. The lowest BCUT2D eigenvalue weighted by atomic mass is 10.0. The average Bonchev–Trinajstić information content (AvgIpc) is 2.85. The number of nitrogens with two attached hydrogens (primary N) is 1. The maximum atomic E-state index is 12.4. The largest absolute Gasteiger partial charge is 0.333 e. The lowest BCUT2D eigenvalue weighted by Crippen LogP contribution is -2.47. The number of thiazole rings is 1. The predicted octanol–water partition coefficient (Wildman–Crippen LogP) is 1.05. The summed E-state index contributed by atoms with van der Waals surface area (Å²) in [5, 5.41) is 4.71. The van der Waals surface area contributed by atoms with Crippen molar-refractivity contribution < 1.29 is 9.59 Å². The van der Waals surface area contributed by atoms with Gasteiger partial charge in [0.05, 0.1) is 0 Å². The summed E-state index contributed by atoms with van der Waals surface area (Å²) >= 11 is 1.26. The first kappa shape index (κ1) is 14.0. The highest BCUT2D eigenvalue weighted by Gasteiger charge is 2.27. The van der Waals surface area contributed by atoms with Crippen molar-refractivity contribution in [3.63, 3.8) is 0 Å². The number of hydrogen-bond donors (Lipinski definition) is 2. The number of carbonyl (C=O) groups excluding carboxylic acids is 2. The van der Waals surface area contributed by atoms with Gasteiger partial charge in [0.1, 0.15) is 5.69 Å². The van der Waals surface area contributed by atoms with Gasteiger partial charge in [0.15, 0.2) is 5.13 Å². The summed E-state index contributed by atoms with van der Waals surface area (Å²) in [6.07, 6.45) is 3.07. The molecule has 1 unspecified atom stereocenters. The molecule has 1 saturated heterocycles. The van der Waals surface area contributed by atoms with Crippen LogP contribution in [0.25, 0.3) is 0 Å². The molecule has 1 aromatic rings. The number of nitrogens with zero attached hydrogens (tertiary/aromatic N) is 2. The van der Waals surface area contributed by atoms with Gasteiger partial charge in [0.2, 0.25) is 5.91 Å².